The summed E-state index contributed by atoms with van der Waals surface area (Å²) < 4.78 is 20.7. The van der Waals surface area contributed by atoms with Crippen LogP contribution in [0.25, 0.3) is 0 Å². The number of rotatable bonds is 5. The Kier molecular flexibility index (Phi) is 6.99. The second-order valence-corrected chi connectivity index (χ2v) is 6.37. The normalized spacial score (nSPS) is 21.0. The number of ether oxygens (including phenoxy) is 4. The first-order valence-corrected chi connectivity index (χ1v) is 8.63. The SMILES string of the molecule is C[C](OC(=O)OC1CCCCC1)C(C)OC(=O)OC1CCCC1. The Morgan fingerprint density at radius 3 is 1.87 bits per heavy atom. The standard InChI is InChI=1S/C17H27O6/c1-12(20-16(18)22-14-8-4-3-5-9-14)13(2)21-17(19)23-15-10-6-7-11-15/h13-15H,3-11H2,1-2H3. The zero-order valence-electron chi connectivity index (χ0n) is 14.0. The molecule has 2 saturated carbocycles. The minimum Gasteiger partial charge on any atom is -0.431 e. The average molecular weight is 327 g/mol. The Bertz CT molecular complexity index is 385. The van der Waals surface area contributed by atoms with Gasteiger partial charge in [0, 0.05) is 0 Å². The fraction of sp³-hybridized carbons (Fsp3) is 0.824. The van der Waals surface area contributed by atoms with E-state index in [1.807, 2.05) is 0 Å². The third kappa shape index (κ3) is 6.28. The Labute approximate surface area is 137 Å². The van der Waals surface area contributed by atoms with E-state index < -0.39 is 18.4 Å². The van der Waals surface area contributed by atoms with Gasteiger partial charge in [0.15, 0.2) is 6.10 Å². The highest BCUT2D eigenvalue weighted by Gasteiger charge is 2.27. The van der Waals surface area contributed by atoms with Gasteiger partial charge in [0.05, 0.1) is 0 Å². The van der Waals surface area contributed by atoms with E-state index in [0.717, 1.165) is 51.4 Å². The molecule has 0 N–H and O–H groups in total. The molecule has 131 valence electrons. The first kappa shape index (κ1) is 17.9. The molecule has 0 aliphatic heterocycles. The molecule has 6 nitrogen and oxygen atoms in total. The molecule has 0 saturated heterocycles. The quantitative estimate of drug-likeness (QED) is 0.692. The van der Waals surface area contributed by atoms with Gasteiger partial charge in [-0.15, -0.1) is 0 Å². The lowest BCUT2D eigenvalue weighted by Crippen LogP contribution is -2.28. The van der Waals surface area contributed by atoms with Gasteiger partial charge < -0.3 is 18.9 Å². The summed E-state index contributed by atoms with van der Waals surface area (Å²) in [5, 5.41) is 0. The summed E-state index contributed by atoms with van der Waals surface area (Å²) >= 11 is 0. The molecular formula is C17H27O6. The topological polar surface area (TPSA) is 71.1 Å². The van der Waals surface area contributed by atoms with E-state index >= 15 is 0 Å². The van der Waals surface area contributed by atoms with Crippen molar-refractivity contribution in [2.24, 2.45) is 0 Å². The Morgan fingerprint density at radius 2 is 1.30 bits per heavy atom. The summed E-state index contributed by atoms with van der Waals surface area (Å²) in [5.74, 6) is 0. The van der Waals surface area contributed by atoms with Crippen LogP contribution in [0.2, 0.25) is 0 Å². The number of carbonyl (C=O) groups excluding carboxylic acids is 2. The van der Waals surface area contributed by atoms with Crippen molar-refractivity contribution in [3.05, 3.63) is 6.10 Å². The number of carbonyl (C=O) groups is 2. The first-order valence-electron chi connectivity index (χ1n) is 8.63. The van der Waals surface area contributed by atoms with Crippen molar-refractivity contribution < 1.29 is 28.5 Å². The lowest BCUT2D eigenvalue weighted by molar-refractivity contribution is -0.0285. The van der Waals surface area contributed by atoms with Crippen LogP contribution >= 0.6 is 0 Å². The molecule has 1 radical (unpaired) electrons. The van der Waals surface area contributed by atoms with E-state index in [-0.39, 0.29) is 18.3 Å². The molecule has 1 unspecified atom stereocenters. The van der Waals surface area contributed by atoms with E-state index in [4.69, 9.17) is 18.9 Å². The zero-order chi connectivity index (χ0) is 16.7. The van der Waals surface area contributed by atoms with Crippen molar-refractivity contribution in [1.29, 1.82) is 0 Å². The average Bonchev–Trinajstić information content (AvgIpc) is 3.00. The third-order valence-corrected chi connectivity index (χ3v) is 4.47. The molecule has 0 aromatic heterocycles. The second kappa shape index (κ2) is 8.99. The van der Waals surface area contributed by atoms with Crippen LogP contribution in [0.3, 0.4) is 0 Å². The van der Waals surface area contributed by atoms with Gasteiger partial charge in [-0.25, -0.2) is 9.59 Å². The molecule has 0 heterocycles. The molecule has 2 fully saturated rings. The fourth-order valence-electron chi connectivity index (χ4n) is 2.95. The molecule has 0 aromatic rings. The number of hydrogen-bond acceptors (Lipinski definition) is 6. The highest BCUT2D eigenvalue weighted by atomic mass is 16.8. The van der Waals surface area contributed by atoms with Crippen molar-refractivity contribution in [1.82, 2.24) is 0 Å². The predicted octanol–water partition coefficient (Wildman–Crippen LogP) is 4.51. The van der Waals surface area contributed by atoms with Crippen molar-refractivity contribution in [3.63, 3.8) is 0 Å². The predicted molar refractivity (Wildman–Crippen MR) is 82.6 cm³/mol. The molecule has 0 spiro atoms. The summed E-state index contributed by atoms with van der Waals surface area (Å²) in [7, 11) is 0. The Balaban J connectivity index is 1.65. The maximum absolute atomic E-state index is 11.8. The van der Waals surface area contributed by atoms with Crippen LogP contribution in [0.15, 0.2) is 0 Å². The molecule has 23 heavy (non-hydrogen) atoms. The van der Waals surface area contributed by atoms with Crippen LogP contribution < -0.4 is 0 Å². The lowest BCUT2D eigenvalue weighted by atomic mass is 9.98. The second-order valence-electron chi connectivity index (χ2n) is 6.37. The van der Waals surface area contributed by atoms with E-state index in [0.29, 0.717) is 0 Å². The van der Waals surface area contributed by atoms with E-state index in [2.05, 4.69) is 0 Å². The van der Waals surface area contributed by atoms with Gasteiger partial charge in [-0.2, -0.15) is 0 Å². The van der Waals surface area contributed by atoms with Gasteiger partial charge in [0.2, 0.25) is 0 Å². The van der Waals surface area contributed by atoms with E-state index in [1.165, 1.54) is 6.42 Å². The van der Waals surface area contributed by atoms with Crippen molar-refractivity contribution in [2.45, 2.75) is 89.9 Å². The summed E-state index contributed by atoms with van der Waals surface area (Å²) in [6.07, 6.45) is 7.10. The monoisotopic (exact) mass is 327 g/mol. The maximum atomic E-state index is 11.8. The molecule has 1 atom stereocenters. The third-order valence-electron chi connectivity index (χ3n) is 4.47. The van der Waals surface area contributed by atoms with Crippen molar-refractivity contribution in [3.8, 4) is 0 Å². The summed E-state index contributed by atoms with van der Waals surface area (Å²) in [6.45, 7) is 3.23. The molecule has 0 bridgehead atoms. The van der Waals surface area contributed by atoms with Gasteiger partial charge in [0.1, 0.15) is 18.3 Å². The van der Waals surface area contributed by atoms with Crippen LogP contribution in [0.5, 0.6) is 0 Å². The van der Waals surface area contributed by atoms with Crippen LogP contribution in [0.4, 0.5) is 9.59 Å². The molecule has 6 heteroatoms. The smallest absolute Gasteiger partial charge is 0.431 e. The van der Waals surface area contributed by atoms with E-state index in [1.54, 1.807) is 13.8 Å². The van der Waals surface area contributed by atoms with Crippen molar-refractivity contribution in [2.75, 3.05) is 0 Å². The lowest BCUT2D eigenvalue weighted by Gasteiger charge is -2.24. The zero-order valence-corrected chi connectivity index (χ0v) is 14.0. The van der Waals surface area contributed by atoms with Crippen LogP contribution in [-0.2, 0) is 18.9 Å². The Hall–Kier alpha value is -1.46. The molecule has 2 aliphatic rings. The first-order chi connectivity index (χ1) is 11.0. The van der Waals surface area contributed by atoms with Crippen molar-refractivity contribution >= 4 is 12.3 Å². The van der Waals surface area contributed by atoms with Crippen LogP contribution in [0.1, 0.15) is 71.6 Å². The largest absolute Gasteiger partial charge is 0.509 e. The molecule has 0 amide bonds. The van der Waals surface area contributed by atoms with Crippen LogP contribution in [-0.4, -0.2) is 30.6 Å². The highest BCUT2D eigenvalue weighted by Crippen LogP contribution is 2.23. The fourth-order valence-corrected chi connectivity index (χ4v) is 2.95. The highest BCUT2D eigenvalue weighted by molar-refractivity contribution is 5.62. The molecule has 0 aromatic carbocycles. The van der Waals surface area contributed by atoms with Gasteiger partial charge in [-0.05, 0) is 65.2 Å². The van der Waals surface area contributed by atoms with E-state index in [9.17, 15) is 9.59 Å². The maximum Gasteiger partial charge on any atom is 0.509 e. The Morgan fingerprint density at radius 1 is 0.826 bits per heavy atom. The minimum absolute atomic E-state index is 0.0489. The van der Waals surface area contributed by atoms with Gasteiger partial charge in [-0.3, -0.25) is 0 Å². The number of hydrogen-bond donors (Lipinski definition) is 0. The summed E-state index contributed by atoms with van der Waals surface area (Å²) in [6, 6.07) is 0. The van der Waals surface area contributed by atoms with Crippen LogP contribution in [0, 0.1) is 6.10 Å². The van der Waals surface area contributed by atoms with Gasteiger partial charge in [0.25, 0.3) is 0 Å². The van der Waals surface area contributed by atoms with Gasteiger partial charge >= 0.3 is 12.3 Å². The van der Waals surface area contributed by atoms with Gasteiger partial charge in [-0.1, -0.05) is 6.42 Å². The molecule has 2 rings (SSSR count). The summed E-state index contributed by atoms with van der Waals surface area (Å²) in [4.78, 5) is 23.4. The minimum atomic E-state index is -0.728. The molecular weight excluding hydrogens is 300 g/mol. The summed E-state index contributed by atoms with van der Waals surface area (Å²) in [5.41, 5.74) is 0. The molecule has 2 aliphatic carbocycles.